The Labute approximate surface area is 93.3 Å². The van der Waals surface area contributed by atoms with Gasteiger partial charge in [-0.2, -0.15) is 10.4 Å². The molecule has 0 bridgehead atoms. The second-order valence-electron chi connectivity index (χ2n) is 3.05. The Kier molecular flexibility index (Phi) is 4.04. The third kappa shape index (κ3) is 3.10. The summed E-state index contributed by atoms with van der Waals surface area (Å²) in [6.45, 7) is 1.93. The van der Waals surface area contributed by atoms with Crippen LogP contribution in [-0.2, 0) is 9.53 Å². The van der Waals surface area contributed by atoms with E-state index >= 15 is 0 Å². The first kappa shape index (κ1) is 11.7. The average Bonchev–Trinajstić information content (AvgIpc) is 2.29. The highest BCUT2D eigenvalue weighted by Gasteiger charge is 2.10. The number of hydrogen-bond acceptors (Lipinski definition) is 5. The smallest absolute Gasteiger partial charge is 0.369 e. The number of methoxy groups -OCH3 is 1. The number of anilines is 1. The molecule has 5 heteroatoms. The summed E-state index contributed by atoms with van der Waals surface area (Å²) in [6.07, 6.45) is 0. The van der Waals surface area contributed by atoms with E-state index in [2.05, 4.69) is 15.3 Å². The van der Waals surface area contributed by atoms with Gasteiger partial charge in [0, 0.05) is 0 Å². The monoisotopic (exact) mass is 217 g/mol. The summed E-state index contributed by atoms with van der Waals surface area (Å²) in [6, 6.07) is 9.05. The normalized spacial score (nSPS) is 10.4. The molecule has 1 N–H and O–H groups in total. The third-order valence-electron chi connectivity index (χ3n) is 1.80. The molecule has 82 valence electrons. The minimum absolute atomic E-state index is 0.316. The number of hydrazone groups is 1. The molecule has 1 aromatic carbocycles. The molecule has 0 aliphatic rings. The van der Waals surface area contributed by atoms with E-state index in [0.29, 0.717) is 5.69 Å². The van der Waals surface area contributed by atoms with Crippen LogP contribution >= 0.6 is 0 Å². The average molecular weight is 217 g/mol. The van der Waals surface area contributed by atoms with Gasteiger partial charge in [-0.05, 0) is 24.6 Å². The number of aryl methyl sites for hydroxylation is 1. The molecule has 5 nitrogen and oxygen atoms in total. The summed E-state index contributed by atoms with van der Waals surface area (Å²) in [7, 11) is 1.20. The van der Waals surface area contributed by atoms with E-state index in [0.717, 1.165) is 5.56 Å². The highest BCUT2D eigenvalue weighted by atomic mass is 16.5. The largest absolute Gasteiger partial charge is 0.464 e. The number of benzene rings is 1. The van der Waals surface area contributed by atoms with Crippen molar-refractivity contribution >= 4 is 17.4 Å². The second-order valence-corrected chi connectivity index (χ2v) is 3.05. The van der Waals surface area contributed by atoms with Crippen LogP contribution in [0, 0.1) is 18.3 Å². The van der Waals surface area contributed by atoms with Crippen LogP contribution in [0.15, 0.2) is 29.4 Å². The summed E-state index contributed by atoms with van der Waals surface area (Å²) in [5.41, 5.74) is 4.06. The van der Waals surface area contributed by atoms with Crippen molar-refractivity contribution in [3.8, 4) is 6.07 Å². The van der Waals surface area contributed by atoms with Crippen molar-refractivity contribution in [3.05, 3.63) is 29.8 Å². The first-order chi connectivity index (χ1) is 7.67. The lowest BCUT2D eigenvalue weighted by Gasteiger charge is -2.01. The van der Waals surface area contributed by atoms with Crippen molar-refractivity contribution in [1.82, 2.24) is 0 Å². The predicted octanol–water partition coefficient (Wildman–Crippen LogP) is 1.46. The molecule has 1 rings (SSSR count). The molecular weight excluding hydrogens is 206 g/mol. The Hall–Kier alpha value is -2.35. The van der Waals surface area contributed by atoms with Gasteiger partial charge in [0.15, 0.2) is 0 Å². The molecule has 16 heavy (non-hydrogen) atoms. The number of esters is 1. The zero-order valence-corrected chi connectivity index (χ0v) is 9.02. The maximum Gasteiger partial charge on any atom is 0.369 e. The lowest BCUT2D eigenvalue weighted by molar-refractivity contribution is -0.132. The van der Waals surface area contributed by atoms with Crippen LogP contribution in [0.4, 0.5) is 5.69 Å². The van der Waals surface area contributed by atoms with Gasteiger partial charge in [-0.25, -0.2) is 4.79 Å². The molecule has 0 amide bonds. The quantitative estimate of drug-likeness (QED) is 0.472. The number of carbonyl (C=O) groups is 1. The van der Waals surface area contributed by atoms with E-state index < -0.39 is 5.97 Å². The van der Waals surface area contributed by atoms with Gasteiger partial charge in [-0.1, -0.05) is 12.1 Å². The first-order valence-corrected chi connectivity index (χ1v) is 4.56. The fourth-order valence-electron chi connectivity index (χ4n) is 1.05. The van der Waals surface area contributed by atoms with Crippen molar-refractivity contribution in [2.45, 2.75) is 6.92 Å². The highest BCUT2D eigenvalue weighted by Crippen LogP contribution is 2.09. The molecule has 0 aliphatic carbocycles. The minimum atomic E-state index is -0.761. The van der Waals surface area contributed by atoms with E-state index in [1.54, 1.807) is 12.1 Å². The van der Waals surface area contributed by atoms with Gasteiger partial charge in [0.2, 0.25) is 5.71 Å². The number of nitrogens with zero attached hydrogens (tertiary/aromatic N) is 2. The van der Waals surface area contributed by atoms with E-state index in [1.807, 2.05) is 25.1 Å². The number of hydrogen-bond donors (Lipinski definition) is 1. The van der Waals surface area contributed by atoms with Gasteiger partial charge in [-0.15, -0.1) is 0 Å². The fraction of sp³-hybridized carbons (Fsp3) is 0.182. The Morgan fingerprint density at radius 1 is 1.56 bits per heavy atom. The summed E-state index contributed by atoms with van der Waals surface area (Å²) in [4.78, 5) is 11.0. The van der Waals surface area contributed by atoms with Crippen LogP contribution < -0.4 is 5.43 Å². The number of ether oxygens (including phenoxy) is 1. The number of rotatable bonds is 3. The SMILES string of the molecule is COC(=O)/C(C#N)=N\Nc1cccc(C)c1. The van der Waals surface area contributed by atoms with E-state index in [9.17, 15) is 4.79 Å². The van der Waals surface area contributed by atoms with Crippen molar-refractivity contribution in [2.75, 3.05) is 12.5 Å². The summed E-state index contributed by atoms with van der Waals surface area (Å²) >= 11 is 0. The zero-order valence-electron chi connectivity index (χ0n) is 9.02. The molecule has 0 aliphatic heterocycles. The van der Waals surface area contributed by atoms with Crippen LogP contribution in [0.5, 0.6) is 0 Å². The molecule has 0 spiro atoms. The summed E-state index contributed by atoms with van der Waals surface area (Å²) in [5, 5.41) is 12.3. The van der Waals surface area contributed by atoms with Crippen molar-refractivity contribution in [1.29, 1.82) is 5.26 Å². The Balaban J connectivity index is 2.79. The van der Waals surface area contributed by atoms with Gasteiger partial charge >= 0.3 is 5.97 Å². The molecule has 0 radical (unpaired) electrons. The van der Waals surface area contributed by atoms with Gasteiger partial charge in [0.05, 0.1) is 12.8 Å². The molecule has 0 saturated carbocycles. The maximum atomic E-state index is 11.0. The minimum Gasteiger partial charge on any atom is -0.464 e. The van der Waals surface area contributed by atoms with Crippen LogP contribution in [-0.4, -0.2) is 18.8 Å². The lowest BCUT2D eigenvalue weighted by Crippen LogP contribution is -2.15. The standard InChI is InChI=1S/C11H11N3O2/c1-8-4-3-5-9(6-8)13-14-10(7-12)11(15)16-2/h3-6,13H,1-2H3/b14-10-. The van der Waals surface area contributed by atoms with E-state index in [1.165, 1.54) is 7.11 Å². The summed E-state index contributed by atoms with van der Waals surface area (Å²) < 4.78 is 4.38. The van der Waals surface area contributed by atoms with Crippen LogP contribution in [0.2, 0.25) is 0 Å². The number of carbonyl (C=O) groups excluding carboxylic acids is 1. The van der Waals surface area contributed by atoms with Crippen LogP contribution in [0.3, 0.4) is 0 Å². The molecule has 1 aromatic rings. The first-order valence-electron chi connectivity index (χ1n) is 4.56. The molecule has 0 fully saturated rings. The molecule has 0 aromatic heterocycles. The number of nitriles is 1. The molecule has 0 heterocycles. The van der Waals surface area contributed by atoms with E-state index in [4.69, 9.17) is 5.26 Å². The highest BCUT2D eigenvalue weighted by molar-refractivity contribution is 6.43. The van der Waals surface area contributed by atoms with Gasteiger partial charge in [-0.3, -0.25) is 5.43 Å². The summed E-state index contributed by atoms with van der Waals surface area (Å²) in [5.74, 6) is -0.761. The van der Waals surface area contributed by atoms with Crippen LogP contribution in [0.25, 0.3) is 0 Å². The predicted molar refractivity (Wildman–Crippen MR) is 59.9 cm³/mol. The van der Waals surface area contributed by atoms with Gasteiger partial charge < -0.3 is 4.74 Å². The maximum absolute atomic E-state index is 11.0. The molecular formula is C11H11N3O2. The fourth-order valence-corrected chi connectivity index (χ4v) is 1.05. The van der Waals surface area contributed by atoms with Gasteiger partial charge in [0.1, 0.15) is 6.07 Å². The second kappa shape index (κ2) is 5.51. The van der Waals surface area contributed by atoms with E-state index in [-0.39, 0.29) is 5.71 Å². The Morgan fingerprint density at radius 3 is 2.88 bits per heavy atom. The molecule has 0 unspecified atom stereocenters. The van der Waals surface area contributed by atoms with Crippen molar-refractivity contribution in [3.63, 3.8) is 0 Å². The Morgan fingerprint density at radius 2 is 2.31 bits per heavy atom. The molecule has 0 saturated heterocycles. The Bertz CT molecular complexity index is 461. The van der Waals surface area contributed by atoms with Crippen molar-refractivity contribution < 1.29 is 9.53 Å². The van der Waals surface area contributed by atoms with Crippen LogP contribution in [0.1, 0.15) is 5.56 Å². The lowest BCUT2D eigenvalue weighted by atomic mass is 10.2. The number of nitrogens with one attached hydrogen (secondary N) is 1. The molecule has 0 atom stereocenters. The van der Waals surface area contributed by atoms with Gasteiger partial charge in [0.25, 0.3) is 0 Å². The van der Waals surface area contributed by atoms with Crippen molar-refractivity contribution in [2.24, 2.45) is 5.10 Å². The zero-order chi connectivity index (χ0) is 12.0. The topological polar surface area (TPSA) is 74.5 Å². The third-order valence-corrected chi connectivity index (χ3v) is 1.80.